The minimum Gasteiger partial charge on any atom is -0.384 e. The van der Waals surface area contributed by atoms with Crippen molar-refractivity contribution in [3.05, 3.63) is 18.3 Å². The van der Waals surface area contributed by atoms with Crippen LogP contribution in [-0.2, 0) is 4.74 Å². The second-order valence-corrected chi connectivity index (χ2v) is 5.84. The summed E-state index contributed by atoms with van der Waals surface area (Å²) in [5.41, 5.74) is 6.57. The number of rotatable bonds is 7. The molecule has 0 radical (unpaired) electrons. The summed E-state index contributed by atoms with van der Waals surface area (Å²) in [6, 6.07) is 4.20. The minimum absolute atomic E-state index is 0.260. The molecule has 5 nitrogen and oxygen atoms in total. The molecular weight excluding hydrogens is 264 g/mol. The Morgan fingerprint density at radius 3 is 2.62 bits per heavy atom. The largest absolute Gasteiger partial charge is 0.384 e. The van der Waals surface area contributed by atoms with Crippen molar-refractivity contribution in [1.29, 1.82) is 0 Å². The second-order valence-electron chi connectivity index (χ2n) is 5.84. The monoisotopic (exact) mass is 292 g/mol. The van der Waals surface area contributed by atoms with Crippen LogP contribution in [0.3, 0.4) is 0 Å². The Morgan fingerprint density at radius 2 is 2.00 bits per heavy atom. The van der Waals surface area contributed by atoms with E-state index in [0.29, 0.717) is 0 Å². The molecule has 0 aliphatic carbocycles. The summed E-state index contributed by atoms with van der Waals surface area (Å²) in [6.45, 7) is 7.80. The van der Waals surface area contributed by atoms with Crippen LogP contribution in [0.5, 0.6) is 0 Å². The highest BCUT2D eigenvalue weighted by molar-refractivity contribution is 5.48. The number of nitrogens with one attached hydrogen (secondary N) is 1. The van der Waals surface area contributed by atoms with Crippen molar-refractivity contribution in [3.63, 3.8) is 0 Å². The van der Waals surface area contributed by atoms with Crippen LogP contribution < -0.4 is 16.0 Å². The van der Waals surface area contributed by atoms with Crippen molar-refractivity contribution in [2.24, 2.45) is 5.73 Å². The van der Waals surface area contributed by atoms with E-state index in [-0.39, 0.29) is 12.2 Å². The topological polar surface area (TPSA) is 63.4 Å². The first-order valence-corrected chi connectivity index (χ1v) is 7.99. The summed E-state index contributed by atoms with van der Waals surface area (Å²) >= 11 is 0. The highest BCUT2D eigenvalue weighted by Gasteiger charge is 2.22. The Kier molecular flexibility index (Phi) is 6.26. The number of pyridine rings is 1. The van der Waals surface area contributed by atoms with E-state index in [0.717, 1.165) is 50.5 Å². The van der Waals surface area contributed by atoms with Gasteiger partial charge in [0, 0.05) is 19.6 Å². The van der Waals surface area contributed by atoms with Gasteiger partial charge in [-0.3, -0.25) is 0 Å². The molecule has 1 aliphatic rings. The maximum absolute atomic E-state index is 5.76. The van der Waals surface area contributed by atoms with Crippen LogP contribution in [0.4, 0.5) is 11.5 Å². The molecule has 2 atom stereocenters. The number of unbranched alkanes of at least 4 members (excludes halogenated alkanes) is 2. The molecule has 0 unspecified atom stereocenters. The van der Waals surface area contributed by atoms with E-state index in [4.69, 9.17) is 10.5 Å². The number of anilines is 2. The normalized spacial score (nSPS) is 22.3. The van der Waals surface area contributed by atoms with Gasteiger partial charge >= 0.3 is 0 Å². The summed E-state index contributed by atoms with van der Waals surface area (Å²) in [7, 11) is 0. The Labute approximate surface area is 127 Å². The molecular formula is C16H28N4O. The van der Waals surface area contributed by atoms with E-state index in [2.05, 4.69) is 41.2 Å². The van der Waals surface area contributed by atoms with Gasteiger partial charge in [-0.15, -0.1) is 0 Å². The van der Waals surface area contributed by atoms with Gasteiger partial charge in [-0.1, -0.05) is 6.42 Å². The maximum atomic E-state index is 5.76. The lowest BCUT2D eigenvalue weighted by Crippen LogP contribution is -2.45. The summed E-state index contributed by atoms with van der Waals surface area (Å²) in [5, 5.41) is 3.40. The average Bonchev–Trinajstić information content (AvgIpc) is 2.47. The van der Waals surface area contributed by atoms with Crippen LogP contribution >= 0.6 is 0 Å². The van der Waals surface area contributed by atoms with Gasteiger partial charge in [-0.2, -0.15) is 0 Å². The lowest BCUT2D eigenvalue weighted by atomic mass is 10.2. The fraction of sp³-hybridized carbons (Fsp3) is 0.688. The van der Waals surface area contributed by atoms with Gasteiger partial charge < -0.3 is 20.7 Å². The predicted octanol–water partition coefficient (Wildman–Crippen LogP) is 2.24. The van der Waals surface area contributed by atoms with Crippen molar-refractivity contribution in [3.8, 4) is 0 Å². The zero-order valence-corrected chi connectivity index (χ0v) is 13.2. The van der Waals surface area contributed by atoms with E-state index >= 15 is 0 Å². The van der Waals surface area contributed by atoms with Gasteiger partial charge in [0.25, 0.3) is 0 Å². The molecule has 0 amide bonds. The van der Waals surface area contributed by atoms with Crippen LogP contribution in [0.15, 0.2) is 18.3 Å². The molecule has 2 rings (SSSR count). The third kappa shape index (κ3) is 5.17. The molecule has 1 aromatic rings. The van der Waals surface area contributed by atoms with Gasteiger partial charge in [0.2, 0.25) is 0 Å². The van der Waals surface area contributed by atoms with Crippen molar-refractivity contribution in [2.75, 3.05) is 36.4 Å². The third-order valence-electron chi connectivity index (χ3n) is 3.70. The first-order chi connectivity index (χ1) is 10.2. The summed E-state index contributed by atoms with van der Waals surface area (Å²) < 4.78 is 5.76. The van der Waals surface area contributed by atoms with Gasteiger partial charge in [0.1, 0.15) is 5.82 Å². The Balaban J connectivity index is 1.81. The fourth-order valence-corrected chi connectivity index (χ4v) is 2.72. The molecule has 1 fully saturated rings. The minimum atomic E-state index is 0.260. The molecule has 1 aliphatic heterocycles. The SMILES string of the molecule is C[C@@H]1CN(c2ccc(NCCCCCN)cn2)C[C@H](C)O1. The summed E-state index contributed by atoms with van der Waals surface area (Å²) in [6.07, 6.45) is 5.87. The molecule has 1 saturated heterocycles. The zero-order valence-electron chi connectivity index (χ0n) is 13.2. The highest BCUT2D eigenvalue weighted by atomic mass is 16.5. The van der Waals surface area contributed by atoms with E-state index in [1.54, 1.807) is 0 Å². The van der Waals surface area contributed by atoms with Gasteiger partial charge in [-0.05, 0) is 45.4 Å². The zero-order chi connectivity index (χ0) is 15.1. The van der Waals surface area contributed by atoms with Crippen LogP contribution in [0, 0.1) is 0 Å². The van der Waals surface area contributed by atoms with E-state index in [1.807, 2.05) is 6.20 Å². The Bertz CT molecular complexity index is 399. The molecule has 2 heterocycles. The Hall–Kier alpha value is -1.33. The van der Waals surface area contributed by atoms with Crippen LogP contribution in [0.1, 0.15) is 33.1 Å². The van der Waals surface area contributed by atoms with Gasteiger partial charge in [0.15, 0.2) is 0 Å². The molecule has 1 aromatic heterocycles. The standard InChI is InChI=1S/C16H28N4O/c1-13-11-20(12-14(2)21-13)16-7-6-15(10-19-16)18-9-5-3-4-8-17/h6-7,10,13-14,18H,3-5,8-9,11-12,17H2,1-2H3/t13-,14+. The molecule has 0 saturated carbocycles. The van der Waals surface area contributed by atoms with Crippen LogP contribution in [0.2, 0.25) is 0 Å². The molecule has 118 valence electrons. The quantitative estimate of drug-likeness (QED) is 0.755. The average molecular weight is 292 g/mol. The van der Waals surface area contributed by atoms with E-state index < -0.39 is 0 Å². The van der Waals surface area contributed by atoms with Crippen molar-refractivity contribution < 1.29 is 4.74 Å². The van der Waals surface area contributed by atoms with E-state index in [1.165, 1.54) is 6.42 Å². The first kappa shape index (κ1) is 16.0. The number of morpholine rings is 1. The number of hydrogen-bond acceptors (Lipinski definition) is 5. The van der Waals surface area contributed by atoms with Crippen LogP contribution in [0.25, 0.3) is 0 Å². The summed E-state index contributed by atoms with van der Waals surface area (Å²) in [4.78, 5) is 6.87. The van der Waals surface area contributed by atoms with Crippen LogP contribution in [-0.4, -0.2) is 43.4 Å². The number of nitrogens with two attached hydrogens (primary N) is 1. The third-order valence-corrected chi connectivity index (χ3v) is 3.70. The van der Waals surface area contributed by atoms with Crippen molar-refractivity contribution in [1.82, 2.24) is 4.98 Å². The fourth-order valence-electron chi connectivity index (χ4n) is 2.72. The molecule has 5 heteroatoms. The Morgan fingerprint density at radius 1 is 1.24 bits per heavy atom. The highest BCUT2D eigenvalue weighted by Crippen LogP contribution is 2.19. The van der Waals surface area contributed by atoms with Gasteiger partial charge in [0.05, 0.1) is 24.1 Å². The first-order valence-electron chi connectivity index (χ1n) is 7.99. The molecule has 3 N–H and O–H groups in total. The van der Waals surface area contributed by atoms with E-state index in [9.17, 15) is 0 Å². The number of nitrogens with zero attached hydrogens (tertiary/aromatic N) is 2. The van der Waals surface area contributed by atoms with Crippen molar-refractivity contribution in [2.45, 2.75) is 45.3 Å². The lowest BCUT2D eigenvalue weighted by molar-refractivity contribution is -0.00545. The van der Waals surface area contributed by atoms with Gasteiger partial charge in [-0.25, -0.2) is 4.98 Å². The summed E-state index contributed by atoms with van der Waals surface area (Å²) in [5.74, 6) is 1.03. The lowest BCUT2D eigenvalue weighted by Gasteiger charge is -2.36. The second kappa shape index (κ2) is 8.20. The number of hydrogen-bond donors (Lipinski definition) is 2. The molecule has 0 spiro atoms. The molecule has 21 heavy (non-hydrogen) atoms. The van der Waals surface area contributed by atoms with Crippen molar-refractivity contribution >= 4 is 11.5 Å². The predicted molar refractivity (Wildman–Crippen MR) is 87.9 cm³/mol. The molecule has 0 bridgehead atoms. The maximum Gasteiger partial charge on any atom is 0.128 e. The smallest absolute Gasteiger partial charge is 0.128 e. The molecule has 0 aromatic carbocycles. The number of ether oxygens (including phenoxy) is 1. The number of aromatic nitrogens is 1.